The molecule has 0 saturated heterocycles. The molecule has 0 amide bonds. The molecule has 0 aliphatic heterocycles. The van der Waals surface area contributed by atoms with Gasteiger partial charge in [0.15, 0.2) is 0 Å². The van der Waals surface area contributed by atoms with Crippen LogP contribution >= 0.6 is 0 Å². The molecule has 4 nitrogen and oxygen atoms in total. The van der Waals surface area contributed by atoms with Crippen LogP contribution in [0.5, 0.6) is 0 Å². The molecule has 1 saturated carbocycles. The molecule has 116 valence electrons. The van der Waals surface area contributed by atoms with Crippen LogP contribution in [-0.2, 0) is 19.1 Å². The van der Waals surface area contributed by atoms with Gasteiger partial charge in [-0.2, -0.15) is 0 Å². The van der Waals surface area contributed by atoms with Crippen LogP contribution in [-0.4, -0.2) is 24.1 Å². The normalized spacial score (nSPS) is 23.2. The van der Waals surface area contributed by atoms with Gasteiger partial charge in [-0.3, -0.25) is 9.59 Å². The van der Waals surface area contributed by atoms with E-state index >= 15 is 0 Å². The molecular weight excluding hydrogens is 256 g/mol. The topological polar surface area (TPSA) is 52.6 Å². The maximum absolute atomic E-state index is 12.2. The Hall–Kier alpha value is -1.06. The van der Waals surface area contributed by atoms with Crippen molar-refractivity contribution in [2.75, 3.05) is 6.61 Å². The highest BCUT2D eigenvalue weighted by molar-refractivity contribution is 5.75. The van der Waals surface area contributed by atoms with E-state index in [0.29, 0.717) is 6.61 Å². The SMILES string of the molecule is CCOC(=O)C1CCC(C(=O)OC(C)(CC)CC)CC1. The summed E-state index contributed by atoms with van der Waals surface area (Å²) in [5, 5.41) is 0. The van der Waals surface area contributed by atoms with Crippen LogP contribution in [0.3, 0.4) is 0 Å². The van der Waals surface area contributed by atoms with E-state index in [0.717, 1.165) is 38.5 Å². The number of ether oxygens (including phenoxy) is 2. The first-order chi connectivity index (χ1) is 9.45. The van der Waals surface area contributed by atoms with Crippen molar-refractivity contribution in [3.05, 3.63) is 0 Å². The third-order valence-electron chi connectivity index (χ3n) is 4.52. The van der Waals surface area contributed by atoms with E-state index in [-0.39, 0.29) is 29.4 Å². The maximum atomic E-state index is 12.2. The lowest BCUT2D eigenvalue weighted by atomic mass is 9.82. The Balaban J connectivity index is 2.45. The van der Waals surface area contributed by atoms with Crippen molar-refractivity contribution in [2.24, 2.45) is 11.8 Å². The van der Waals surface area contributed by atoms with Crippen molar-refractivity contribution >= 4 is 11.9 Å². The summed E-state index contributed by atoms with van der Waals surface area (Å²) in [6.45, 7) is 8.29. The molecular formula is C16H28O4. The molecule has 0 heterocycles. The van der Waals surface area contributed by atoms with Gasteiger partial charge < -0.3 is 9.47 Å². The molecule has 0 unspecified atom stereocenters. The van der Waals surface area contributed by atoms with Crippen molar-refractivity contribution in [1.82, 2.24) is 0 Å². The molecule has 0 spiro atoms. The lowest BCUT2D eigenvalue weighted by molar-refractivity contribution is -0.167. The second-order valence-electron chi connectivity index (χ2n) is 5.88. The molecule has 0 N–H and O–H groups in total. The fraction of sp³-hybridized carbons (Fsp3) is 0.875. The summed E-state index contributed by atoms with van der Waals surface area (Å²) in [4.78, 5) is 23.9. The van der Waals surface area contributed by atoms with Gasteiger partial charge in [0, 0.05) is 0 Å². The molecule has 1 aliphatic carbocycles. The predicted molar refractivity (Wildman–Crippen MR) is 77.2 cm³/mol. The predicted octanol–water partition coefficient (Wildman–Crippen LogP) is 3.48. The van der Waals surface area contributed by atoms with E-state index in [1.165, 1.54) is 0 Å². The summed E-state index contributed by atoms with van der Waals surface area (Å²) in [6, 6.07) is 0. The molecule has 1 rings (SSSR count). The van der Waals surface area contributed by atoms with Crippen LogP contribution in [0.1, 0.15) is 66.2 Å². The molecule has 0 radical (unpaired) electrons. The van der Waals surface area contributed by atoms with Gasteiger partial charge in [-0.05, 0) is 52.4 Å². The molecule has 0 bridgehead atoms. The smallest absolute Gasteiger partial charge is 0.309 e. The number of esters is 2. The number of rotatable bonds is 6. The monoisotopic (exact) mass is 284 g/mol. The number of hydrogen-bond acceptors (Lipinski definition) is 4. The minimum atomic E-state index is -0.352. The van der Waals surface area contributed by atoms with Gasteiger partial charge in [0.25, 0.3) is 0 Å². The Bertz CT molecular complexity index is 325. The van der Waals surface area contributed by atoms with E-state index in [1.54, 1.807) is 0 Å². The van der Waals surface area contributed by atoms with Crippen molar-refractivity contribution < 1.29 is 19.1 Å². The quantitative estimate of drug-likeness (QED) is 0.701. The minimum Gasteiger partial charge on any atom is -0.466 e. The summed E-state index contributed by atoms with van der Waals surface area (Å²) in [5.74, 6) is -0.314. The van der Waals surface area contributed by atoms with Crippen LogP contribution in [0.4, 0.5) is 0 Å². The van der Waals surface area contributed by atoms with Crippen molar-refractivity contribution in [3.8, 4) is 0 Å². The summed E-state index contributed by atoms with van der Waals surface area (Å²) in [5.41, 5.74) is -0.352. The Morgan fingerprint density at radius 1 is 0.950 bits per heavy atom. The van der Waals surface area contributed by atoms with Gasteiger partial charge in [0.05, 0.1) is 18.4 Å². The van der Waals surface area contributed by atoms with Gasteiger partial charge in [-0.15, -0.1) is 0 Å². The van der Waals surface area contributed by atoms with Crippen molar-refractivity contribution in [1.29, 1.82) is 0 Å². The van der Waals surface area contributed by atoms with Crippen LogP contribution in [0, 0.1) is 11.8 Å². The van der Waals surface area contributed by atoms with Crippen LogP contribution in [0.15, 0.2) is 0 Å². The van der Waals surface area contributed by atoms with Crippen molar-refractivity contribution in [3.63, 3.8) is 0 Å². The Kier molecular flexibility index (Phi) is 6.50. The average molecular weight is 284 g/mol. The van der Waals surface area contributed by atoms with E-state index < -0.39 is 0 Å². The van der Waals surface area contributed by atoms with Gasteiger partial charge >= 0.3 is 11.9 Å². The molecule has 0 aromatic carbocycles. The molecule has 0 aromatic heterocycles. The third kappa shape index (κ3) is 4.50. The molecule has 0 aromatic rings. The number of carbonyl (C=O) groups excluding carboxylic acids is 2. The molecule has 0 atom stereocenters. The number of hydrogen-bond donors (Lipinski definition) is 0. The summed E-state index contributed by atoms with van der Waals surface area (Å²) in [6.07, 6.45) is 4.57. The van der Waals surface area contributed by atoms with Gasteiger partial charge in [0.2, 0.25) is 0 Å². The molecule has 1 aliphatic rings. The zero-order chi connectivity index (χ0) is 15.2. The largest absolute Gasteiger partial charge is 0.466 e. The molecule has 1 fully saturated rings. The number of carbonyl (C=O) groups is 2. The van der Waals surface area contributed by atoms with E-state index in [9.17, 15) is 9.59 Å². The first-order valence-corrected chi connectivity index (χ1v) is 7.85. The van der Waals surface area contributed by atoms with Crippen LogP contribution in [0.25, 0.3) is 0 Å². The maximum Gasteiger partial charge on any atom is 0.309 e. The highest BCUT2D eigenvalue weighted by atomic mass is 16.6. The van der Waals surface area contributed by atoms with E-state index in [1.807, 2.05) is 27.7 Å². The van der Waals surface area contributed by atoms with E-state index in [4.69, 9.17) is 9.47 Å². The summed E-state index contributed by atoms with van der Waals surface area (Å²) < 4.78 is 10.7. The first kappa shape index (κ1) is 17.0. The van der Waals surface area contributed by atoms with Crippen LogP contribution < -0.4 is 0 Å². The Morgan fingerprint density at radius 3 is 1.80 bits per heavy atom. The Labute approximate surface area is 122 Å². The van der Waals surface area contributed by atoms with Crippen molar-refractivity contribution in [2.45, 2.75) is 71.8 Å². The molecule has 4 heteroatoms. The minimum absolute atomic E-state index is 0.0391. The van der Waals surface area contributed by atoms with Gasteiger partial charge in [0.1, 0.15) is 5.60 Å². The Morgan fingerprint density at radius 2 is 1.40 bits per heavy atom. The van der Waals surface area contributed by atoms with Gasteiger partial charge in [-0.1, -0.05) is 13.8 Å². The average Bonchev–Trinajstić information content (AvgIpc) is 2.47. The lowest BCUT2D eigenvalue weighted by Gasteiger charge is -2.31. The standard InChI is InChI=1S/C16H28O4/c1-5-16(4,6-2)20-15(18)13-10-8-12(9-11-13)14(17)19-7-3/h12-13H,5-11H2,1-4H3. The molecule has 20 heavy (non-hydrogen) atoms. The van der Waals surface area contributed by atoms with E-state index in [2.05, 4.69) is 0 Å². The second-order valence-corrected chi connectivity index (χ2v) is 5.88. The fourth-order valence-electron chi connectivity index (χ4n) is 2.55. The van der Waals surface area contributed by atoms with Crippen LogP contribution in [0.2, 0.25) is 0 Å². The first-order valence-electron chi connectivity index (χ1n) is 7.85. The third-order valence-corrected chi connectivity index (χ3v) is 4.52. The zero-order valence-corrected chi connectivity index (χ0v) is 13.2. The second kappa shape index (κ2) is 7.65. The highest BCUT2D eigenvalue weighted by Crippen LogP contribution is 2.32. The summed E-state index contributed by atoms with van der Waals surface area (Å²) >= 11 is 0. The zero-order valence-electron chi connectivity index (χ0n) is 13.2. The van der Waals surface area contributed by atoms with Gasteiger partial charge in [-0.25, -0.2) is 0 Å². The lowest BCUT2D eigenvalue weighted by Crippen LogP contribution is -2.35. The summed E-state index contributed by atoms with van der Waals surface area (Å²) in [7, 11) is 0. The highest BCUT2D eigenvalue weighted by Gasteiger charge is 2.34. The fourth-order valence-corrected chi connectivity index (χ4v) is 2.55.